The molecule has 1 aromatic rings. The Morgan fingerprint density at radius 3 is 3.15 bits per heavy atom. The SMILES string of the molecule is N#Cc1cccc2c1OCCC2O. The van der Waals surface area contributed by atoms with Gasteiger partial charge in [-0.2, -0.15) is 5.26 Å². The van der Waals surface area contributed by atoms with Crippen LogP contribution >= 0.6 is 0 Å². The van der Waals surface area contributed by atoms with Crippen molar-refractivity contribution in [2.45, 2.75) is 12.5 Å². The number of ether oxygens (including phenoxy) is 1. The highest BCUT2D eigenvalue weighted by Gasteiger charge is 2.21. The van der Waals surface area contributed by atoms with E-state index in [1.165, 1.54) is 0 Å². The van der Waals surface area contributed by atoms with E-state index in [1.807, 2.05) is 6.07 Å². The van der Waals surface area contributed by atoms with Gasteiger partial charge in [-0.05, 0) is 6.07 Å². The van der Waals surface area contributed by atoms with E-state index in [2.05, 4.69) is 0 Å². The average molecular weight is 175 g/mol. The van der Waals surface area contributed by atoms with Gasteiger partial charge in [0.25, 0.3) is 0 Å². The van der Waals surface area contributed by atoms with Gasteiger partial charge in [0.15, 0.2) is 0 Å². The number of fused-ring (bicyclic) bond motifs is 1. The Kier molecular flexibility index (Phi) is 1.91. The molecule has 1 aliphatic heterocycles. The van der Waals surface area contributed by atoms with Gasteiger partial charge < -0.3 is 9.84 Å². The Labute approximate surface area is 76.2 Å². The van der Waals surface area contributed by atoms with Gasteiger partial charge in [0.2, 0.25) is 0 Å². The van der Waals surface area contributed by atoms with Crippen molar-refractivity contribution in [3.8, 4) is 11.8 Å². The molecule has 3 heteroatoms. The summed E-state index contributed by atoms with van der Waals surface area (Å²) in [5.41, 5.74) is 1.22. The zero-order valence-electron chi connectivity index (χ0n) is 7.03. The van der Waals surface area contributed by atoms with Crippen molar-refractivity contribution in [1.29, 1.82) is 5.26 Å². The second-order valence-corrected chi connectivity index (χ2v) is 2.99. The van der Waals surface area contributed by atoms with Crippen molar-refractivity contribution in [2.75, 3.05) is 6.61 Å². The molecule has 0 fully saturated rings. The van der Waals surface area contributed by atoms with Crippen LogP contribution in [0.2, 0.25) is 0 Å². The molecule has 2 rings (SSSR count). The lowest BCUT2D eigenvalue weighted by molar-refractivity contribution is 0.115. The molecule has 1 aromatic carbocycles. The fraction of sp³-hybridized carbons (Fsp3) is 0.300. The first-order chi connectivity index (χ1) is 6.33. The predicted octanol–water partition coefficient (Wildman–Crippen LogP) is 1.37. The number of hydrogen-bond acceptors (Lipinski definition) is 3. The van der Waals surface area contributed by atoms with Gasteiger partial charge in [-0.15, -0.1) is 0 Å². The molecule has 1 unspecified atom stereocenters. The second kappa shape index (κ2) is 3.08. The summed E-state index contributed by atoms with van der Waals surface area (Å²) in [5.74, 6) is 0.545. The molecule has 0 spiro atoms. The topological polar surface area (TPSA) is 53.2 Å². The maximum absolute atomic E-state index is 9.59. The third-order valence-electron chi connectivity index (χ3n) is 2.16. The number of aliphatic hydroxyl groups is 1. The Hall–Kier alpha value is -1.53. The molecular weight excluding hydrogens is 166 g/mol. The number of hydrogen-bond donors (Lipinski definition) is 1. The van der Waals surface area contributed by atoms with Crippen LogP contribution in [0.5, 0.6) is 5.75 Å². The molecule has 0 aliphatic carbocycles. The fourth-order valence-electron chi connectivity index (χ4n) is 1.49. The normalized spacial score (nSPS) is 19.8. The summed E-state index contributed by atoms with van der Waals surface area (Å²) >= 11 is 0. The fourth-order valence-corrected chi connectivity index (χ4v) is 1.49. The summed E-state index contributed by atoms with van der Waals surface area (Å²) in [7, 11) is 0. The van der Waals surface area contributed by atoms with Crippen LogP contribution < -0.4 is 4.74 Å². The standard InChI is InChI=1S/C10H9NO2/c11-6-7-2-1-3-8-9(12)4-5-13-10(7)8/h1-3,9,12H,4-5H2. The first-order valence-corrected chi connectivity index (χ1v) is 4.17. The summed E-state index contributed by atoms with van der Waals surface area (Å²) in [6.07, 6.45) is 0.110. The number of nitriles is 1. The Morgan fingerprint density at radius 1 is 1.54 bits per heavy atom. The molecule has 3 nitrogen and oxygen atoms in total. The molecule has 0 saturated heterocycles. The van der Waals surface area contributed by atoms with Gasteiger partial charge >= 0.3 is 0 Å². The summed E-state index contributed by atoms with van der Waals surface area (Å²) < 4.78 is 5.33. The van der Waals surface area contributed by atoms with Crippen molar-refractivity contribution >= 4 is 0 Å². The smallest absolute Gasteiger partial charge is 0.142 e. The minimum Gasteiger partial charge on any atom is -0.492 e. The highest BCUT2D eigenvalue weighted by molar-refractivity contribution is 5.50. The Bertz CT molecular complexity index is 368. The second-order valence-electron chi connectivity index (χ2n) is 2.99. The van der Waals surface area contributed by atoms with Crippen molar-refractivity contribution in [2.24, 2.45) is 0 Å². The molecule has 1 heterocycles. The van der Waals surface area contributed by atoms with E-state index in [-0.39, 0.29) is 0 Å². The van der Waals surface area contributed by atoms with Gasteiger partial charge in [-0.1, -0.05) is 12.1 Å². The van der Waals surface area contributed by atoms with E-state index in [0.717, 1.165) is 5.56 Å². The number of nitrogens with zero attached hydrogens (tertiary/aromatic N) is 1. The van der Waals surface area contributed by atoms with Crippen molar-refractivity contribution in [3.05, 3.63) is 29.3 Å². The maximum atomic E-state index is 9.59. The zero-order valence-corrected chi connectivity index (χ0v) is 7.03. The highest BCUT2D eigenvalue weighted by Crippen LogP contribution is 2.34. The van der Waals surface area contributed by atoms with Crippen molar-refractivity contribution in [1.82, 2.24) is 0 Å². The lowest BCUT2D eigenvalue weighted by Crippen LogP contribution is -2.14. The average Bonchev–Trinajstić information content (AvgIpc) is 2.18. The molecule has 1 atom stereocenters. The molecule has 0 saturated carbocycles. The van der Waals surface area contributed by atoms with E-state index in [4.69, 9.17) is 10.00 Å². The van der Waals surface area contributed by atoms with Crippen LogP contribution in [0.25, 0.3) is 0 Å². The quantitative estimate of drug-likeness (QED) is 0.648. The van der Waals surface area contributed by atoms with E-state index in [9.17, 15) is 5.11 Å². The first-order valence-electron chi connectivity index (χ1n) is 4.17. The van der Waals surface area contributed by atoms with Gasteiger partial charge in [0.1, 0.15) is 11.8 Å². The summed E-state index contributed by atoms with van der Waals surface area (Å²) in [6, 6.07) is 7.28. The zero-order chi connectivity index (χ0) is 9.26. The van der Waals surface area contributed by atoms with E-state index in [0.29, 0.717) is 24.3 Å². The predicted molar refractivity (Wildman–Crippen MR) is 46.2 cm³/mol. The molecule has 1 N–H and O–H groups in total. The number of aliphatic hydroxyl groups excluding tert-OH is 1. The van der Waals surface area contributed by atoms with Gasteiger partial charge in [0, 0.05) is 12.0 Å². The van der Waals surface area contributed by atoms with Gasteiger partial charge in [-0.25, -0.2) is 0 Å². The molecule has 13 heavy (non-hydrogen) atoms. The summed E-state index contributed by atoms with van der Waals surface area (Å²) in [4.78, 5) is 0. The summed E-state index contributed by atoms with van der Waals surface area (Å²) in [6.45, 7) is 0.479. The van der Waals surface area contributed by atoms with E-state index >= 15 is 0 Å². The lowest BCUT2D eigenvalue weighted by atomic mass is 10.0. The monoisotopic (exact) mass is 175 g/mol. The van der Waals surface area contributed by atoms with Crippen molar-refractivity contribution < 1.29 is 9.84 Å². The van der Waals surface area contributed by atoms with Crippen LogP contribution in [-0.4, -0.2) is 11.7 Å². The molecule has 0 aromatic heterocycles. The van der Waals surface area contributed by atoms with Gasteiger partial charge in [-0.3, -0.25) is 0 Å². The van der Waals surface area contributed by atoms with E-state index in [1.54, 1.807) is 18.2 Å². The molecule has 0 bridgehead atoms. The molecule has 0 amide bonds. The largest absolute Gasteiger partial charge is 0.492 e. The minimum atomic E-state index is -0.489. The third kappa shape index (κ3) is 1.25. The summed E-state index contributed by atoms with van der Waals surface area (Å²) in [5, 5.41) is 18.4. The lowest BCUT2D eigenvalue weighted by Gasteiger charge is -2.22. The minimum absolute atomic E-state index is 0.479. The van der Waals surface area contributed by atoms with Crippen LogP contribution in [-0.2, 0) is 0 Å². The molecule has 66 valence electrons. The highest BCUT2D eigenvalue weighted by atomic mass is 16.5. The Balaban J connectivity index is 2.56. The van der Waals surface area contributed by atoms with Crippen LogP contribution in [0.1, 0.15) is 23.7 Å². The van der Waals surface area contributed by atoms with Gasteiger partial charge in [0.05, 0.1) is 18.3 Å². The number of para-hydroxylation sites is 1. The third-order valence-corrected chi connectivity index (χ3v) is 2.16. The molecule has 1 aliphatic rings. The maximum Gasteiger partial charge on any atom is 0.142 e. The number of rotatable bonds is 0. The Morgan fingerprint density at radius 2 is 2.38 bits per heavy atom. The van der Waals surface area contributed by atoms with Crippen LogP contribution in [0, 0.1) is 11.3 Å². The molecular formula is C10H9NO2. The van der Waals surface area contributed by atoms with Crippen LogP contribution in [0.4, 0.5) is 0 Å². The van der Waals surface area contributed by atoms with Crippen molar-refractivity contribution in [3.63, 3.8) is 0 Å². The molecule has 0 radical (unpaired) electrons. The van der Waals surface area contributed by atoms with Crippen LogP contribution in [0.3, 0.4) is 0 Å². The number of benzene rings is 1. The first kappa shape index (κ1) is 8.09. The van der Waals surface area contributed by atoms with Crippen LogP contribution in [0.15, 0.2) is 18.2 Å². The van der Waals surface area contributed by atoms with E-state index < -0.39 is 6.10 Å².